The number of rotatable bonds is 6. The zero-order valence-electron chi connectivity index (χ0n) is 15.1. The fraction of sp³-hybridized carbons (Fsp3) is 0.429. The van der Waals surface area contributed by atoms with Crippen LogP contribution in [0.15, 0.2) is 34.9 Å². The summed E-state index contributed by atoms with van der Waals surface area (Å²) in [6.07, 6.45) is 8.80. The predicted molar refractivity (Wildman–Crippen MR) is 108 cm³/mol. The van der Waals surface area contributed by atoms with Gasteiger partial charge in [-0.25, -0.2) is 9.37 Å². The lowest BCUT2D eigenvalue weighted by Crippen LogP contribution is -2.29. The highest BCUT2D eigenvalue weighted by molar-refractivity contribution is 9.10. The number of aromatic nitrogens is 1. The standard InChI is InChI=1S/C21H23BrFN3O/c22-18-8-7-15(9-19(18)23)26-20-10-16(14-5-6-14)17(12-24-20)21(27)25-11-13-3-1-2-4-13/h7-10,12-14H,1-6,11H2,(H,24,26)(H,25,27). The first-order chi connectivity index (χ1) is 13.1. The smallest absolute Gasteiger partial charge is 0.253 e. The van der Waals surface area contributed by atoms with Crippen LogP contribution in [0.3, 0.4) is 0 Å². The Bertz CT molecular complexity index is 847. The Kier molecular flexibility index (Phi) is 5.43. The molecule has 1 aromatic carbocycles. The van der Waals surface area contributed by atoms with E-state index in [4.69, 9.17) is 0 Å². The Labute approximate surface area is 167 Å². The van der Waals surface area contributed by atoms with E-state index in [0.29, 0.717) is 33.4 Å². The van der Waals surface area contributed by atoms with E-state index < -0.39 is 0 Å². The van der Waals surface area contributed by atoms with Gasteiger partial charge in [-0.15, -0.1) is 0 Å². The van der Waals surface area contributed by atoms with Gasteiger partial charge in [-0.2, -0.15) is 0 Å². The number of nitrogens with one attached hydrogen (secondary N) is 2. The number of anilines is 2. The highest BCUT2D eigenvalue weighted by atomic mass is 79.9. The maximum atomic E-state index is 13.7. The molecule has 142 valence electrons. The third-order valence-electron chi connectivity index (χ3n) is 5.42. The number of carbonyl (C=O) groups excluding carboxylic acids is 1. The van der Waals surface area contributed by atoms with E-state index in [1.54, 1.807) is 18.3 Å². The summed E-state index contributed by atoms with van der Waals surface area (Å²) in [5, 5.41) is 6.23. The van der Waals surface area contributed by atoms with Crippen LogP contribution in [0, 0.1) is 11.7 Å². The number of hydrogen-bond acceptors (Lipinski definition) is 3. The minimum atomic E-state index is -0.328. The summed E-state index contributed by atoms with van der Waals surface area (Å²) >= 11 is 3.16. The van der Waals surface area contributed by atoms with Gasteiger partial charge in [0.25, 0.3) is 5.91 Å². The van der Waals surface area contributed by atoms with Crippen LogP contribution < -0.4 is 10.6 Å². The van der Waals surface area contributed by atoms with Crippen molar-refractivity contribution >= 4 is 33.3 Å². The van der Waals surface area contributed by atoms with Gasteiger partial charge in [0.2, 0.25) is 0 Å². The van der Waals surface area contributed by atoms with Crippen LogP contribution in [0.5, 0.6) is 0 Å². The third kappa shape index (κ3) is 4.49. The molecule has 2 aliphatic carbocycles. The molecule has 2 aliphatic rings. The van der Waals surface area contributed by atoms with Gasteiger partial charge in [0.15, 0.2) is 0 Å². The molecule has 0 bridgehead atoms. The van der Waals surface area contributed by atoms with Gasteiger partial charge in [0.05, 0.1) is 10.0 Å². The molecule has 2 saturated carbocycles. The van der Waals surface area contributed by atoms with E-state index in [-0.39, 0.29) is 11.7 Å². The van der Waals surface area contributed by atoms with Crippen molar-refractivity contribution in [3.8, 4) is 0 Å². The van der Waals surface area contributed by atoms with E-state index in [1.165, 1.54) is 31.7 Å². The topological polar surface area (TPSA) is 54.0 Å². The molecule has 4 nitrogen and oxygen atoms in total. The van der Waals surface area contributed by atoms with E-state index in [1.807, 2.05) is 6.07 Å². The Balaban J connectivity index is 1.49. The molecule has 2 N–H and O–H groups in total. The van der Waals surface area contributed by atoms with Crippen molar-refractivity contribution < 1.29 is 9.18 Å². The lowest BCUT2D eigenvalue weighted by Gasteiger charge is -2.14. The van der Waals surface area contributed by atoms with Crippen LogP contribution in [0.2, 0.25) is 0 Å². The maximum Gasteiger partial charge on any atom is 0.253 e. The van der Waals surface area contributed by atoms with Gasteiger partial charge >= 0.3 is 0 Å². The average molecular weight is 432 g/mol. The van der Waals surface area contributed by atoms with Crippen LogP contribution in [0.1, 0.15) is 60.4 Å². The number of benzene rings is 1. The summed E-state index contributed by atoms with van der Waals surface area (Å²) in [6, 6.07) is 6.80. The number of nitrogens with zero attached hydrogens (tertiary/aromatic N) is 1. The van der Waals surface area contributed by atoms with Crippen molar-refractivity contribution in [2.24, 2.45) is 5.92 Å². The minimum absolute atomic E-state index is 0.0301. The van der Waals surface area contributed by atoms with Crippen LogP contribution in [0.4, 0.5) is 15.9 Å². The second-order valence-corrected chi connectivity index (χ2v) is 8.40. The zero-order chi connectivity index (χ0) is 18.8. The molecule has 4 rings (SSSR count). The lowest BCUT2D eigenvalue weighted by atomic mass is 10.0. The summed E-state index contributed by atoms with van der Waals surface area (Å²) in [6.45, 7) is 0.751. The van der Waals surface area contributed by atoms with Crippen molar-refractivity contribution in [1.29, 1.82) is 0 Å². The Morgan fingerprint density at radius 3 is 2.67 bits per heavy atom. The Hall–Kier alpha value is -1.95. The second-order valence-electron chi connectivity index (χ2n) is 7.55. The zero-order valence-corrected chi connectivity index (χ0v) is 16.7. The lowest BCUT2D eigenvalue weighted by molar-refractivity contribution is 0.0946. The molecule has 1 heterocycles. The van der Waals surface area contributed by atoms with Gasteiger partial charge in [-0.05, 0) is 83.3 Å². The largest absolute Gasteiger partial charge is 0.352 e. The fourth-order valence-corrected chi connectivity index (χ4v) is 3.98. The summed E-state index contributed by atoms with van der Waals surface area (Å²) in [5.74, 6) is 1.30. The van der Waals surface area contributed by atoms with E-state index in [9.17, 15) is 9.18 Å². The number of halogens is 2. The summed E-state index contributed by atoms with van der Waals surface area (Å²) in [4.78, 5) is 17.1. The molecule has 6 heteroatoms. The van der Waals surface area contributed by atoms with Gasteiger partial charge in [-0.1, -0.05) is 12.8 Å². The predicted octanol–water partition coefficient (Wildman–Crippen LogP) is 5.52. The fourth-order valence-electron chi connectivity index (χ4n) is 3.73. The number of pyridine rings is 1. The first kappa shape index (κ1) is 18.4. The maximum absolute atomic E-state index is 13.7. The van der Waals surface area contributed by atoms with Crippen LogP contribution in [-0.4, -0.2) is 17.4 Å². The number of carbonyl (C=O) groups is 1. The van der Waals surface area contributed by atoms with Crippen LogP contribution in [-0.2, 0) is 0 Å². The molecule has 0 aliphatic heterocycles. The monoisotopic (exact) mass is 431 g/mol. The van der Waals surface area contributed by atoms with Crippen LogP contribution in [0.25, 0.3) is 0 Å². The van der Waals surface area contributed by atoms with E-state index in [2.05, 4.69) is 31.5 Å². The first-order valence-electron chi connectivity index (χ1n) is 9.60. The molecule has 0 saturated heterocycles. The average Bonchev–Trinajstić information content (AvgIpc) is 3.38. The van der Waals surface area contributed by atoms with Crippen molar-refractivity contribution in [2.75, 3.05) is 11.9 Å². The van der Waals surface area contributed by atoms with Gasteiger partial charge in [0.1, 0.15) is 11.6 Å². The molecule has 1 amide bonds. The van der Waals surface area contributed by atoms with Crippen molar-refractivity contribution in [2.45, 2.75) is 44.4 Å². The quantitative estimate of drug-likeness (QED) is 0.632. The Morgan fingerprint density at radius 1 is 1.19 bits per heavy atom. The SMILES string of the molecule is O=C(NCC1CCCC1)c1cnc(Nc2ccc(Br)c(F)c2)cc1C1CC1. The Morgan fingerprint density at radius 2 is 1.96 bits per heavy atom. The van der Waals surface area contributed by atoms with E-state index >= 15 is 0 Å². The second kappa shape index (κ2) is 7.97. The molecule has 27 heavy (non-hydrogen) atoms. The molecule has 0 unspecified atom stereocenters. The number of hydrogen-bond donors (Lipinski definition) is 2. The molecule has 0 atom stereocenters. The molecule has 1 aromatic heterocycles. The summed E-state index contributed by atoms with van der Waals surface area (Å²) in [7, 11) is 0. The first-order valence-corrected chi connectivity index (χ1v) is 10.4. The summed E-state index contributed by atoms with van der Waals surface area (Å²) < 4.78 is 14.1. The molecular weight excluding hydrogens is 409 g/mol. The molecule has 0 radical (unpaired) electrons. The minimum Gasteiger partial charge on any atom is -0.352 e. The van der Waals surface area contributed by atoms with Crippen LogP contribution >= 0.6 is 15.9 Å². The van der Waals surface area contributed by atoms with Gasteiger partial charge < -0.3 is 10.6 Å². The summed E-state index contributed by atoms with van der Waals surface area (Å²) in [5.41, 5.74) is 2.33. The van der Waals surface area contributed by atoms with E-state index in [0.717, 1.165) is 24.9 Å². The molecule has 2 fully saturated rings. The van der Waals surface area contributed by atoms with Gasteiger partial charge in [-0.3, -0.25) is 4.79 Å². The molecule has 0 spiro atoms. The van der Waals surface area contributed by atoms with Gasteiger partial charge in [0, 0.05) is 18.4 Å². The third-order valence-corrected chi connectivity index (χ3v) is 6.06. The van der Waals surface area contributed by atoms with Crippen molar-refractivity contribution in [1.82, 2.24) is 10.3 Å². The highest BCUT2D eigenvalue weighted by Crippen LogP contribution is 2.42. The van der Waals surface area contributed by atoms with Crippen molar-refractivity contribution in [3.05, 3.63) is 51.9 Å². The number of amides is 1. The normalized spacial score (nSPS) is 17.1. The highest BCUT2D eigenvalue weighted by Gasteiger charge is 2.29. The van der Waals surface area contributed by atoms with Crippen molar-refractivity contribution in [3.63, 3.8) is 0 Å². The molecular formula is C21H23BrFN3O. The molecule has 2 aromatic rings.